The third kappa shape index (κ3) is 3.68. The van der Waals surface area contributed by atoms with Crippen LogP contribution in [0.4, 0.5) is 10.1 Å². The van der Waals surface area contributed by atoms with Crippen LogP contribution in [0.1, 0.15) is 5.56 Å². The molecule has 0 aliphatic heterocycles. The first-order valence-corrected chi connectivity index (χ1v) is 6.09. The van der Waals surface area contributed by atoms with Gasteiger partial charge in [-0.3, -0.25) is 4.21 Å². The molecular formula is C10H11FN2OS. The fraction of sp³-hybridized carbons (Fsp3) is 0.300. The topological polar surface area (TPSA) is 52.9 Å². The second kappa shape index (κ2) is 5.47. The number of hydrogen-bond acceptors (Lipinski definition) is 3. The first-order valence-electron chi connectivity index (χ1n) is 4.37. The zero-order valence-electron chi connectivity index (χ0n) is 8.29. The number of nitriles is 1. The third-order valence-electron chi connectivity index (χ3n) is 1.81. The van der Waals surface area contributed by atoms with Gasteiger partial charge in [0.2, 0.25) is 0 Å². The summed E-state index contributed by atoms with van der Waals surface area (Å²) < 4.78 is 23.5. The minimum absolute atomic E-state index is 0.261. The van der Waals surface area contributed by atoms with Gasteiger partial charge < -0.3 is 5.32 Å². The largest absolute Gasteiger partial charge is 0.383 e. The predicted octanol–water partition coefficient (Wildman–Crippen LogP) is 1.49. The van der Waals surface area contributed by atoms with Gasteiger partial charge in [0.1, 0.15) is 11.9 Å². The van der Waals surface area contributed by atoms with Crippen molar-refractivity contribution < 1.29 is 8.60 Å². The first-order chi connectivity index (χ1) is 7.13. The van der Waals surface area contributed by atoms with Crippen LogP contribution in [0.5, 0.6) is 0 Å². The van der Waals surface area contributed by atoms with E-state index in [4.69, 9.17) is 5.26 Å². The van der Waals surface area contributed by atoms with Crippen LogP contribution < -0.4 is 5.32 Å². The number of hydrogen-bond donors (Lipinski definition) is 1. The lowest BCUT2D eigenvalue weighted by Gasteiger charge is -2.06. The third-order valence-corrected chi connectivity index (χ3v) is 2.59. The molecule has 80 valence electrons. The van der Waals surface area contributed by atoms with E-state index in [-0.39, 0.29) is 5.56 Å². The normalized spacial score (nSPS) is 11.8. The summed E-state index contributed by atoms with van der Waals surface area (Å²) in [7, 11) is -0.872. The summed E-state index contributed by atoms with van der Waals surface area (Å²) in [6, 6.07) is 5.86. The Balaban J connectivity index is 2.69. The maximum atomic E-state index is 12.8. The van der Waals surface area contributed by atoms with Gasteiger partial charge in [0.15, 0.2) is 0 Å². The molecule has 3 nitrogen and oxygen atoms in total. The van der Waals surface area contributed by atoms with E-state index >= 15 is 0 Å². The summed E-state index contributed by atoms with van der Waals surface area (Å²) in [5, 5.41) is 11.7. The van der Waals surface area contributed by atoms with Gasteiger partial charge in [-0.2, -0.15) is 5.26 Å². The molecule has 0 radical (unpaired) electrons. The molecule has 0 aliphatic carbocycles. The Kier molecular flexibility index (Phi) is 4.25. The lowest BCUT2D eigenvalue weighted by Crippen LogP contribution is -2.10. The van der Waals surface area contributed by atoms with Crippen molar-refractivity contribution >= 4 is 16.5 Å². The van der Waals surface area contributed by atoms with Crippen molar-refractivity contribution in [2.75, 3.05) is 23.9 Å². The van der Waals surface area contributed by atoms with Crippen molar-refractivity contribution in [3.8, 4) is 6.07 Å². The smallest absolute Gasteiger partial charge is 0.124 e. The van der Waals surface area contributed by atoms with Crippen LogP contribution in [0.15, 0.2) is 18.2 Å². The molecule has 15 heavy (non-hydrogen) atoms. The van der Waals surface area contributed by atoms with Gasteiger partial charge in [-0.15, -0.1) is 0 Å². The summed E-state index contributed by atoms with van der Waals surface area (Å²) in [6.45, 7) is 0.503. The molecule has 5 heteroatoms. The van der Waals surface area contributed by atoms with Crippen molar-refractivity contribution in [1.82, 2.24) is 0 Å². The van der Waals surface area contributed by atoms with Crippen LogP contribution in [0.25, 0.3) is 0 Å². The molecule has 0 spiro atoms. The molecule has 0 amide bonds. The summed E-state index contributed by atoms with van der Waals surface area (Å²) in [5.74, 6) is 0.0681. The maximum Gasteiger partial charge on any atom is 0.124 e. The molecule has 0 aliphatic rings. The van der Waals surface area contributed by atoms with Crippen LogP contribution in [0.3, 0.4) is 0 Å². The van der Waals surface area contributed by atoms with E-state index < -0.39 is 16.6 Å². The SMILES string of the molecule is CS(=O)CCNc1ccc(F)cc1C#N. The molecule has 1 aromatic rings. The first kappa shape index (κ1) is 11.7. The van der Waals surface area contributed by atoms with Crippen molar-refractivity contribution in [3.05, 3.63) is 29.6 Å². The molecular weight excluding hydrogens is 215 g/mol. The standard InChI is InChI=1S/C10H11FN2OS/c1-15(14)5-4-13-10-3-2-9(11)6-8(10)7-12/h2-3,6,13H,4-5H2,1H3. The summed E-state index contributed by atoms with van der Waals surface area (Å²) in [5.41, 5.74) is 0.834. The van der Waals surface area contributed by atoms with E-state index in [2.05, 4.69) is 5.32 Å². The Morgan fingerprint density at radius 1 is 1.60 bits per heavy atom. The molecule has 1 unspecified atom stereocenters. The second-order valence-electron chi connectivity index (χ2n) is 3.01. The van der Waals surface area contributed by atoms with Crippen molar-refractivity contribution in [1.29, 1.82) is 5.26 Å². The van der Waals surface area contributed by atoms with Gasteiger partial charge in [-0.25, -0.2) is 4.39 Å². The Labute approximate surface area is 90.4 Å². The average Bonchev–Trinajstić information content (AvgIpc) is 2.19. The predicted molar refractivity (Wildman–Crippen MR) is 58.5 cm³/mol. The van der Waals surface area contributed by atoms with Gasteiger partial charge in [0.25, 0.3) is 0 Å². The summed E-state index contributed by atoms with van der Waals surface area (Å²) >= 11 is 0. The molecule has 0 saturated carbocycles. The lowest BCUT2D eigenvalue weighted by atomic mass is 10.2. The lowest BCUT2D eigenvalue weighted by molar-refractivity contribution is 0.627. The molecule has 0 aromatic heterocycles. The van der Waals surface area contributed by atoms with E-state index in [0.29, 0.717) is 18.0 Å². The molecule has 1 aromatic carbocycles. The molecule has 0 bridgehead atoms. The Hall–Kier alpha value is -1.41. The Morgan fingerprint density at radius 2 is 2.33 bits per heavy atom. The Morgan fingerprint density at radius 3 is 2.93 bits per heavy atom. The number of nitrogens with one attached hydrogen (secondary N) is 1. The highest BCUT2D eigenvalue weighted by molar-refractivity contribution is 7.84. The number of halogens is 1. The van der Waals surface area contributed by atoms with Crippen LogP contribution in [-0.2, 0) is 10.8 Å². The van der Waals surface area contributed by atoms with Crippen molar-refractivity contribution in [2.45, 2.75) is 0 Å². The quantitative estimate of drug-likeness (QED) is 0.846. The maximum absolute atomic E-state index is 12.8. The van der Waals surface area contributed by atoms with Crippen molar-refractivity contribution in [2.24, 2.45) is 0 Å². The van der Waals surface area contributed by atoms with Crippen molar-refractivity contribution in [3.63, 3.8) is 0 Å². The van der Waals surface area contributed by atoms with Gasteiger partial charge in [-0.1, -0.05) is 0 Å². The van der Waals surface area contributed by atoms with Gasteiger partial charge in [0, 0.05) is 29.4 Å². The van der Waals surface area contributed by atoms with Crippen LogP contribution in [0, 0.1) is 17.1 Å². The molecule has 1 N–H and O–H groups in total. The highest BCUT2D eigenvalue weighted by atomic mass is 32.2. The van der Waals surface area contributed by atoms with E-state index in [1.807, 2.05) is 6.07 Å². The molecule has 0 heterocycles. The fourth-order valence-corrected chi connectivity index (χ4v) is 1.48. The van der Waals surface area contributed by atoms with Gasteiger partial charge >= 0.3 is 0 Å². The summed E-state index contributed by atoms with van der Waals surface area (Å²) in [4.78, 5) is 0. The van der Waals surface area contributed by atoms with E-state index in [1.165, 1.54) is 18.2 Å². The Bertz CT molecular complexity index is 414. The highest BCUT2D eigenvalue weighted by Crippen LogP contribution is 2.15. The summed E-state index contributed by atoms with van der Waals surface area (Å²) in [6.07, 6.45) is 1.61. The zero-order chi connectivity index (χ0) is 11.3. The fourth-order valence-electron chi connectivity index (χ4n) is 1.09. The minimum atomic E-state index is -0.872. The van der Waals surface area contributed by atoms with Gasteiger partial charge in [0.05, 0.1) is 11.3 Å². The number of rotatable bonds is 4. The number of anilines is 1. The van der Waals surface area contributed by atoms with Crippen LogP contribution >= 0.6 is 0 Å². The van der Waals surface area contributed by atoms with E-state index in [0.717, 1.165) is 0 Å². The second-order valence-corrected chi connectivity index (χ2v) is 4.56. The zero-order valence-corrected chi connectivity index (χ0v) is 9.10. The molecule has 0 saturated heterocycles. The molecule has 1 rings (SSSR count). The van der Waals surface area contributed by atoms with Crippen LogP contribution in [0.2, 0.25) is 0 Å². The highest BCUT2D eigenvalue weighted by Gasteiger charge is 2.02. The minimum Gasteiger partial charge on any atom is -0.383 e. The number of benzene rings is 1. The average molecular weight is 226 g/mol. The molecule has 1 atom stereocenters. The molecule has 0 fully saturated rings. The van der Waals surface area contributed by atoms with E-state index in [1.54, 1.807) is 6.26 Å². The van der Waals surface area contributed by atoms with E-state index in [9.17, 15) is 8.60 Å². The van der Waals surface area contributed by atoms with Crippen LogP contribution in [-0.4, -0.2) is 22.8 Å². The van der Waals surface area contributed by atoms with Gasteiger partial charge in [-0.05, 0) is 18.2 Å². The number of nitrogens with zero attached hydrogens (tertiary/aromatic N) is 1. The monoisotopic (exact) mass is 226 g/mol.